The zero-order valence-corrected chi connectivity index (χ0v) is 15.0. The van der Waals surface area contributed by atoms with E-state index in [0.29, 0.717) is 6.54 Å². The fraction of sp³-hybridized carbons (Fsp3) is 0.222. The predicted octanol–water partition coefficient (Wildman–Crippen LogP) is 3.13. The van der Waals surface area contributed by atoms with Crippen LogP contribution in [0.15, 0.2) is 59.1 Å². The highest BCUT2D eigenvalue weighted by atomic mass is 79.9. The molecule has 24 heavy (non-hydrogen) atoms. The summed E-state index contributed by atoms with van der Waals surface area (Å²) in [5, 5.41) is 8.12. The predicted molar refractivity (Wildman–Crippen MR) is 97.4 cm³/mol. The van der Waals surface area contributed by atoms with E-state index in [1.807, 2.05) is 61.5 Å². The number of nitrogens with one attached hydrogen (secondary N) is 3. The van der Waals surface area contributed by atoms with Crippen molar-refractivity contribution in [3.63, 3.8) is 0 Å². The quantitative estimate of drug-likeness (QED) is 0.710. The fourth-order valence-electron chi connectivity index (χ4n) is 2.20. The fourth-order valence-corrected chi connectivity index (χ4v) is 2.83. The summed E-state index contributed by atoms with van der Waals surface area (Å²) < 4.78 is 0.936. The number of hydrogen-bond donors (Lipinski definition) is 3. The van der Waals surface area contributed by atoms with Gasteiger partial charge in [0.1, 0.15) is 0 Å². The minimum atomic E-state index is -0.373. The summed E-state index contributed by atoms with van der Waals surface area (Å²) >= 11 is 3.46. The Morgan fingerprint density at radius 2 is 1.67 bits per heavy atom. The van der Waals surface area contributed by atoms with Crippen LogP contribution in [0.3, 0.4) is 0 Å². The molecule has 1 atom stereocenters. The maximum absolute atomic E-state index is 11.9. The third-order valence-corrected chi connectivity index (χ3v) is 4.18. The van der Waals surface area contributed by atoms with Gasteiger partial charge in [-0.2, -0.15) is 0 Å². The lowest BCUT2D eigenvalue weighted by molar-refractivity contribution is -0.120. The number of hydrogen-bond acceptors (Lipinski definition) is 2. The normalized spacial score (nSPS) is 11.4. The molecular weight excluding hydrogens is 370 g/mol. The summed E-state index contributed by atoms with van der Waals surface area (Å²) in [6.45, 7) is 2.24. The largest absolute Gasteiger partial charge is 0.348 e. The van der Waals surface area contributed by atoms with E-state index in [1.54, 1.807) is 0 Å². The van der Waals surface area contributed by atoms with Crippen LogP contribution < -0.4 is 16.0 Å². The van der Waals surface area contributed by atoms with Crippen molar-refractivity contribution in [2.45, 2.75) is 19.5 Å². The molecule has 0 spiro atoms. The highest BCUT2D eigenvalue weighted by Crippen LogP contribution is 2.22. The summed E-state index contributed by atoms with van der Waals surface area (Å²) in [6.07, 6.45) is 0. The van der Waals surface area contributed by atoms with Crippen molar-refractivity contribution >= 4 is 27.9 Å². The highest BCUT2D eigenvalue weighted by molar-refractivity contribution is 9.10. The van der Waals surface area contributed by atoms with Crippen molar-refractivity contribution in [3.8, 4) is 0 Å². The van der Waals surface area contributed by atoms with Gasteiger partial charge in [0.15, 0.2) is 0 Å². The molecule has 0 aliphatic heterocycles. The van der Waals surface area contributed by atoms with Crippen LogP contribution in [-0.4, -0.2) is 18.5 Å². The number of rotatable bonds is 6. The van der Waals surface area contributed by atoms with E-state index in [4.69, 9.17) is 0 Å². The van der Waals surface area contributed by atoms with Gasteiger partial charge in [0.05, 0.1) is 12.6 Å². The summed E-state index contributed by atoms with van der Waals surface area (Å²) in [4.78, 5) is 23.7. The third kappa shape index (κ3) is 5.70. The van der Waals surface area contributed by atoms with E-state index in [2.05, 4.69) is 31.9 Å². The van der Waals surface area contributed by atoms with Crippen LogP contribution in [0.1, 0.15) is 24.1 Å². The molecule has 0 saturated carbocycles. The van der Waals surface area contributed by atoms with Gasteiger partial charge in [-0.1, -0.05) is 64.5 Å². The van der Waals surface area contributed by atoms with Gasteiger partial charge in [-0.05, 0) is 24.1 Å². The van der Waals surface area contributed by atoms with Crippen molar-refractivity contribution < 1.29 is 9.59 Å². The van der Waals surface area contributed by atoms with Gasteiger partial charge in [0.25, 0.3) is 0 Å². The van der Waals surface area contributed by atoms with Crippen molar-refractivity contribution in [3.05, 3.63) is 70.2 Å². The van der Waals surface area contributed by atoms with Crippen molar-refractivity contribution in [1.82, 2.24) is 16.0 Å². The average Bonchev–Trinajstić information content (AvgIpc) is 2.59. The molecule has 2 rings (SSSR count). The van der Waals surface area contributed by atoms with Gasteiger partial charge in [0.2, 0.25) is 5.91 Å². The molecule has 0 fully saturated rings. The lowest BCUT2D eigenvalue weighted by Crippen LogP contribution is -2.42. The first-order valence-corrected chi connectivity index (χ1v) is 8.45. The van der Waals surface area contributed by atoms with Crippen LogP contribution >= 0.6 is 15.9 Å². The maximum atomic E-state index is 11.9. The minimum Gasteiger partial charge on any atom is -0.348 e. The van der Waals surface area contributed by atoms with Gasteiger partial charge >= 0.3 is 6.03 Å². The maximum Gasteiger partial charge on any atom is 0.315 e. The van der Waals surface area contributed by atoms with Gasteiger partial charge in [0, 0.05) is 11.0 Å². The molecule has 0 unspecified atom stereocenters. The number of halogens is 1. The standard InChI is InChI=1S/C18H20BrN3O2/c1-13(15-9-5-6-10-16(15)19)22-17(23)12-21-18(24)20-11-14-7-3-2-4-8-14/h2-10,13H,11-12H2,1H3,(H,22,23)(H2,20,21,24)/t13-/m1/s1. The Kier molecular flexibility index (Phi) is 6.81. The van der Waals surface area contributed by atoms with Gasteiger partial charge in [-0.3, -0.25) is 4.79 Å². The van der Waals surface area contributed by atoms with E-state index >= 15 is 0 Å². The molecule has 0 aliphatic carbocycles. The lowest BCUT2D eigenvalue weighted by atomic mass is 10.1. The molecule has 0 heterocycles. The van der Waals surface area contributed by atoms with Gasteiger partial charge in [-0.25, -0.2) is 4.79 Å². The molecule has 0 aliphatic rings. The van der Waals surface area contributed by atoms with Crippen molar-refractivity contribution in [2.75, 3.05) is 6.54 Å². The summed E-state index contributed by atoms with van der Waals surface area (Å²) in [5.41, 5.74) is 1.99. The van der Waals surface area contributed by atoms with Crippen molar-refractivity contribution in [2.24, 2.45) is 0 Å². The topological polar surface area (TPSA) is 70.2 Å². The highest BCUT2D eigenvalue weighted by Gasteiger charge is 2.12. The second-order valence-corrected chi connectivity index (χ2v) is 6.19. The molecule has 0 aromatic heterocycles. The number of urea groups is 1. The van der Waals surface area contributed by atoms with Crippen LogP contribution in [0.25, 0.3) is 0 Å². The molecule has 5 nitrogen and oxygen atoms in total. The van der Waals surface area contributed by atoms with E-state index in [-0.39, 0.29) is 24.5 Å². The Morgan fingerprint density at radius 1 is 1.00 bits per heavy atom. The number of carbonyl (C=O) groups is 2. The minimum absolute atomic E-state index is 0.0740. The lowest BCUT2D eigenvalue weighted by Gasteiger charge is -2.16. The number of carbonyl (C=O) groups excluding carboxylic acids is 2. The third-order valence-electron chi connectivity index (χ3n) is 3.45. The second kappa shape index (κ2) is 9.08. The zero-order chi connectivity index (χ0) is 17.4. The van der Waals surface area contributed by atoms with E-state index in [0.717, 1.165) is 15.6 Å². The summed E-state index contributed by atoms with van der Waals surface area (Å²) in [7, 11) is 0. The smallest absolute Gasteiger partial charge is 0.315 e. The molecule has 3 N–H and O–H groups in total. The first-order chi connectivity index (χ1) is 11.6. The van der Waals surface area contributed by atoms with Gasteiger partial charge in [-0.15, -0.1) is 0 Å². The first kappa shape index (κ1) is 18.0. The monoisotopic (exact) mass is 389 g/mol. The molecule has 6 heteroatoms. The van der Waals surface area contributed by atoms with E-state index in [1.165, 1.54) is 0 Å². The number of benzene rings is 2. The van der Waals surface area contributed by atoms with Crippen LogP contribution in [-0.2, 0) is 11.3 Å². The zero-order valence-electron chi connectivity index (χ0n) is 13.4. The first-order valence-electron chi connectivity index (χ1n) is 7.65. The molecule has 0 radical (unpaired) electrons. The van der Waals surface area contributed by atoms with Gasteiger partial charge < -0.3 is 16.0 Å². The van der Waals surface area contributed by atoms with Crippen LogP contribution in [0.2, 0.25) is 0 Å². The molecule has 2 aromatic rings. The van der Waals surface area contributed by atoms with Crippen molar-refractivity contribution in [1.29, 1.82) is 0 Å². The molecule has 0 bridgehead atoms. The second-order valence-electron chi connectivity index (χ2n) is 5.33. The molecule has 126 valence electrons. The summed E-state index contributed by atoms with van der Waals surface area (Å²) in [5.74, 6) is -0.242. The average molecular weight is 390 g/mol. The Labute approximate surface area is 150 Å². The Morgan fingerprint density at radius 3 is 2.38 bits per heavy atom. The number of amides is 3. The molecule has 3 amide bonds. The van der Waals surface area contributed by atoms with E-state index in [9.17, 15) is 9.59 Å². The summed E-state index contributed by atoms with van der Waals surface area (Å²) in [6, 6.07) is 16.8. The Balaban J connectivity index is 1.72. The van der Waals surface area contributed by atoms with Crippen LogP contribution in [0, 0.1) is 0 Å². The SMILES string of the molecule is C[C@@H](NC(=O)CNC(=O)NCc1ccccc1)c1ccccc1Br. The molecular formula is C18H20BrN3O2. The van der Waals surface area contributed by atoms with Crippen LogP contribution in [0.5, 0.6) is 0 Å². The van der Waals surface area contributed by atoms with E-state index < -0.39 is 0 Å². The molecule has 2 aromatic carbocycles. The Hall–Kier alpha value is -2.34. The Bertz CT molecular complexity index is 692. The van der Waals surface area contributed by atoms with Crippen LogP contribution in [0.4, 0.5) is 4.79 Å². The molecule has 0 saturated heterocycles.